The van der Waals surface area contributed by atoms with Crippen LogP contribution in [0, 0.1) is 0 Å². The van der Waals surface area contributed by atoms with Crippen molar-refractivity contribution in [3.8, 4) is 0 Å². The molecule has 14 heavy (non-hydrogen) atoms. The number of ether oxygens (including phenoxy) is 2. The maximum absolute atomic E-state index is 11.6. The zero-order valence-corrected chi connectivity index (χ0v) is 9.16. The highest BCUT2D eigenvalue weighted by Gasteiger charge is 2.31. The molecule has 0 saturated carbocycles. The van der Waals surface area contributed by atoms with Gasteiger partial charge >= 0.3 is 5.97 Å². The third-order valence-electron chi connectivity index (χ3n) is 2.39. The molecule has 4 heteroatoms. The maximum Gasteiger partial charge on any atom is 0.325 e. The molecule has 1 aliphatic heterocycles. The second-order valence-corrected chi connectivity index (χ2v) is 3.67. The van der Waals surface area contributed by atoms with E-state index < -0.39 is 0 Å². The average Bonchev–Trinajstić information content (AvgIpc) is 2.18. The van der Waals surface area contributed by atoms with Crippen molar-refractivity contribution >= 4 is 5.97 Å². The fourth-order valence-electron chi connectivity index (χ4n) is 1.68. The minimum absolute atomic E-state index is 0.166. The topological polar surface area (TPSA) is 38.8 Å². The van der Waals surface area contributed by atoms with Crippen molar-refractivity contribution in [2.45, 2.75) is 32.9 Å². The van der Waals surface area contributed by atoms with Gasteiger partial charge in [0.1, 0.15) is 6.04 Å². The second kappa shape index (κ2) is 5.32. The van der Waals surface area contributed by atoms with Gasteiger partial charge in [-0.3, -0.25) is 9.69 Å². The summed E-state index contributed by atoms with van der Waals surface area (Å²) in [5, 5.41) is 0. The third-order valence-corrected chi connectivity index (χ3v) is 2.39. The van der Waals surface area contributed by atoms with Gasteiger partial charge in [0, 0.05) is 12.6 Å². The summed E-state index contributed by atoms with van der Waals surface area (Å²) in [5.41, 5.74) is 0. The molecular formula is C10H19NO3. The first-order valence-electron chi connectivity index (χ1n) is 5.17. The van der Waals surface area contributed by atoms with Crippen LogP contribution in [0.4, 0.5) is 0 Å². The van der Waals surface area contributed by atoms with Crippen molar-refractivity contribution in [1.82, 2.24) is 4.90 Å². The van der Waals surface area contributed by atoms with E-state index in [2.05, 4.69) is 18.7 Å². The number of nitrogens with zero attached hydrogens (tertiary/aromatic N) is 1. The molecule has 1 aliphatic rings. The molecule has 0 aliphatic carbocycles. The van der Waals surface area contributed by atoms with E-state index in [4.69, 9.17) is 9.47 Å². The summed E-state index contributed by atoms with van der Waals surface area (Å²) in [6.07, 6.45) is 0. The van der Waals surface area contributed by atoms with E-state index in [0.717, 1.165) is 6.54 Å². The van der Waals surface area contributed by atoms with Gasteiger partial charge in [0.05, 0.1) is 19.8 Å². The third kappa shape index (κ3) is 2.69. The fourth-order valence-corrected chi connectivity index (χ4v) is 1.68. The molecule has 1 saturated heterocycles. The number of hydrogen-bond donors (Lipinski definition) is 0. The molecule has 0 radical (unpaired) electrons. The Bertz CT molecular complexity index is 194. The van der Waals surface area contributed by atoms with E-state index in [9.17, 15) is 4.79 Å². The Labute approximate surface area is 85.2 Å². The quantitative estimate of drug-likeness (QED) is 0.629. The summed E-state index contributed by atoms with van der Waals surface area (Å²) >= 11 is 0. The molecule has 1 rings (SSSR count). The van der Waals surface area contributed by atoms with Crippen LogP contribution in [0.3, 0.4) is 0 Å². The second-order valence-electron chi connectivity index (χ2n) is 3.67. The lowest BCUT2D eigenvalue weighted by molar-refractivity contribution is -0.157. The van der Waals surface area contributed by atoms with Gasteiger partial charge < -0.3 is 9.47 Å². The first kappa shape index (κ1) is 11.5. The lowest BCUT2D eigenvalue weighted by atomic mass is 10.2. The largest absolute Gasteiger partial charge is 0.465 e. The summed E-state index contributed by atoms with van der Waals surface area (Å²) in [7, 11) is 0. The zero-order chi connectivity index (χ0) is 10.6. The number of carbonyl (C=O) groups excluding carboxylic acids is 1. The number of esters is 1. The predicted molar refractivity (Wildman–Crippen MR) is 53.1 cm³/mol. The molecule has 0 spiro atoms. The van der Waals surface area contributed by atoms with Crippen LogP contribution in [-0.4, -0.2) is 49.3 Å². The van der Waals surface area contributed by atoms with Crippen molar-refractivity contribution in [2.75, 3.05) is 26.4 Å². The van der Waals surface area contributed by atoms with Gasteiger partial charge in [-0.25, -0.2) is 0 Å². The van der Waals surface area contributed by atoms with Crippen molar-refractivity contribution in [2.24, 2.45) is 0 Å². The fraction of sp³-hybridized carbons (Fsp3) is 0.900. The molecule has 1 atom stereocenters. The van der Waals surface area contributed by atoms with Crippen molar-refractivity contribution < 1.29 is 14.3 Å². The predicted octanol–water partition coefficient (Wildman–Crippen LogP) is 0.659. The molecule has 0 amide bonds. The van der Waals surface area contributed by atoms with Crippen LogP contribution in [0.1, 0.15) is 20.8 Å². The smallest absolute Gasteiger partial charge is 0.325 e. The van der Waals surface area contributed by atoms with E-state index in [0.29, 0.717) is 25.9 Å². The van der Waals surface area contributed by atoms with Crippen LogP contribution in [0.5, 0.6) is 0 Å². The molecule has 1 heterocycles. The zero-order valence-electron chi connectivity index (χ0n) is 9.16. The van der Waals surface area contributed by atoms with Gasteiger partial charge in [-0.2, -0.15) is 0 Å². The van der Waals surface area contributed by atoms with E-state index in [1.54, 1.807) is 0 Å². The molecule has 1 fully saturated rings. The maximum atomic E-state index is 11.6. The van der Waals surface area contributed by atoms with Gasteiger partial charge in [0.25, 0.3) is 0 Å². The van der Waals surface area contributed by atoms with E-state index in [1.165, 1.54) is 0 Å². The number of rotatable bonds is 3. The first-order chi connectivity index (χ1) is 6.66. The van der Waals surface area contributed by atoms with Gasteiger partial charge in [-0.15, -0.1) is 0 Å². The van der Waals surface area contributed by atoms with E-state index in [-0.39, 0.29) is 12.0 Å². The molecule has 4 nitrogen and oxygen atoms in total. The molecule has 0 bridgehead atoms. The number of morpholine rings is 1. The van der Waals surface area contributed by atoms with Gasteiger partial charge in [0.2, 0.25) is 0 Å². The lowest BCUT2D eigenvalue weighted by Crippen LogP contribution is -2.53. The minimum atomic E-state index is -0.219. The molecule has 0 aromatic rings. The average molecular weight is 201 g/mol. The number of hydrogen-bond acceptors (Lipinski definition) is 4. The summed E-state index contributed by atoms with van der Waals surface area (Å²) in [6.45, 7) is 8.38. The van der Waals surface area contributed by atoms with Crippen molar-refractivity contribution in [3.63, 3.8) is 0 Å². The summed E-state index contributed by atoms with van der Waals surface area (Å²) < 4.78 is 10.3. The van der Waals surface area contributed by atoms with Crippen molar-refractivity contribution in [1.29, 1.82) is 0 Å². The standard InChI is InChI=1S/C10H19NO3/c1-4-14-10(12)9-7-13-6-5-11(9)8(2)3/h8-9H,4-7H2,1-3H3/t9-/m1/s1. The van der Waals surface area contributed by atoms with Crippen LogP contribution in [0.2, 0.25) is 0 Å². The summed E-state index contributed by atoms with van der Waals surface area (Å²) in [4.78, 5) is 13.7. The molecule has 0 N–H and O–H groups in total. The monoisotopic (exact) mass is 201 g/mol. The Morgan fingerprint density at radius 2 is 2.36 bits per heavy atom. The minimum Gasteiger partial charge on any atom is -0.465 e. The SMILES string of the molecule is CCOC(=O)[C@H]1COCCN1C(C)C. The van der Waals surface area contributed by atoms with Crippen LogP contribution in [0.15, 0.2) is 0 Å². The highest BCUT2D eigenvalue weighted by molar-refractivity contribution is 5.76. The van der Waals surface area contributed by atoms with Crippen LogP contribution in [0.25, 0.3) is 0 Å². The van der Waals surface area contributed by atoms with Gasteiger partial charge in [0.15, 0.2) is 0 Å². The Balaban J connectivity index is 2.57. The lowest BCUT2D eigenvalue weighted by Gasteiger charge is -2.36. The van der Waals surface area contributed by atoms with Crippen LogP contribution in [-0.2, 0) is 14.3 Å². The molecule has 0 unspecified atom stereocenters. The highest BCUT2D eigenvalue weighted by Crippen LogP contribution is 2.12. The highest BCUT2D eigenvalue weighted by atomic mass is 16.5. The Morgan fingerprint density at radius 1 is 1.64 bits per heavy atom. The number of carbonyl (C=O) groups is 1. The van der Waals surface area contributed by atoms with Gasteiger partial charge in [-0.05, 0) is 20.8 Å². The summed E-state index contributed by atoms with van der Waals surface area (Å²) in [6, 6.07) is 0.136. The van der Waals surface area contributed by atoms with E-state index >= 15 is 0 Å². The normalized spacial score (nSPS) is 23.9. The molecule has 82 valence electrons. The molecule has 0 aromatic heterocycles. The Kier molecular flexibility index (Phi) is 4.35. The molecule has 0 aromatic carbocycles. The van der Waals surface area contributed by atoms with Crippen LogP contribution >= 0.6 is 0 Å². The Morgan fingerprint density at radius 3 is 2.93 bits per heavy atom. The summed E-state index contributed by atoms with van der Waals surface area (Å²) in [5.74, 6) is -0.166. The van der Waals surface area contributed by atoms with E-state index in [1.807, 2.05) is 6.92 Å². The van der Waals surface area contributed by atoms with Crippen molar-refractivity contribution in [3.05, 3.63) is 0 Å². The first-order valence-corrected chi connectivity index (χ1v) is 5.17. The molecular weight excluding hydrogens is 182 g/mol. The Hall–Kier alpha value is -0.610. The van der Waals surface area contributed by atoms with Gasteiger partial charge in [-0.1, -0.05) is 0 Å². The van der Waals surface area contributed by atoms with Crippen LogP contribution < -0.4 is 0 Å².